The van der Waals surface area contributed by atoms with E-state index in [1.165, 1.54) is 11.0 Å². The molecule has 32 heavy (non-hydrogen) atoms. The first kappa shape index (κ1) is 20.9. The van der Waals surface area contributed by atoms with Crippen LogP contribution in [-0.2, 0) is 13.0 Å². The zero-order chi connectivity index (χ0) is 22.5. The summed E-state index contributed by atoms with van der Waals surface area (Å²) in [5.41, 5.74) is 9.93. The Morgan fingerprint density at radius 1 is 1.06 bits per heavy atom. The monoisotopic (exact) mass is 422 g/mol. The minimum Gasteiger partial charge on any atom is -0.382 e. The first-order valence-corrected chi connectivity index (χ1v) is 10.3. The molecule has 0 amide bonds. The van der Waals surface area contributed by atoms with Crippen molar-refractivity contribution in [3.8, 4) is 17.3 Å². The predicted molar refractivity (Wildman–Crippen MR) is 123 cm³/mol. The maximum absolute atomic E-state index is 13.0. The van der Waals surface area contributed by atoms with Gasteiger partial charge < -0.3 is 5.73 Å². The topological polar surface area (TPSA) is 110 Å². The summed E-state index contributed by atoms with van der Waals surface area (Å²) in [5.74, 6) is 0.0302. The molecule has 1 atom stereocenters. The van der Waals surface area contributed by atoms with Crippen LogP contribution in [0.25, 0.3) is 11.3 Å². The fraction of sp³-hybridized carbons (Fsp3) is 0.160. The molecule has 4 rings (SSSR count). The quantitative estimate of drug-likeness (QED) is 0.509. The molecule has 0 saturated heterocycles. The second kappa shape index (κ2) is 9.23. The molecule has 4 aromatic rings. The van der Waals surface area contributed by atoms with Gasteiger partial charge in [0.1, 0.15) is 23.8 Å². The number of aromatic nitrogens is 4. The summed E-state index contributed by atoms with van der Waals surface area (Å²) in [4.78, 5) is 21.1. The molecule has 2 N–H and O–H groups in total. The van der Waals surface area contributed by atoms with E-state index in [0.29, 0.717) is 18.7 Å². The van der Waals surface area contributed by atoms with Crippen LogP contribution in [0.2, 0.25) is 0 Å². The van der Waals surface area contributed by atoms with Crippen LogP contribution in [-0.4, -0.2) is 19.7 Å². The molecule has 0 fully saturated rings. The lowest BCUT2D eigenvalue weighted by Gasteiger charge is -2.18. The van der Waals surface area contributed by atoms with Gasteiger partial charge in [0.15, 0.2) is 0 Å². The molecular weight excluding hydrogens is 400 g/mol. The van der Waals surface area contributed by atoms with E-state index in [9.17, 15) is 10.1 Å². The molecule has 158 valence electrons. The standard InChI is InChI=1S/C25H22N6O/c1-17(12-22-21(14-26)25(27)29-16-28-22)20-13-23(32)31(15-18-8-4-2-5-9-18)30-24(20)19-10-6-3-7-11-19/h2-11,13,16-17H,12,15H2,1H3,(H2,27,28,29). The summed E-state index contributed by atoms with van der Waals surface area (Å²) in [6.45, 7) is 2.37. The van der Waals surface area contributed by atoms with E-state index in [4.69, 9.17) is 10.8 Å². The van der Waals surface area contributed by atoms with Gasteiger partial charge in [-0.05, 0) is 23.5 Å². The average molecular weight is 422 g/mol. The van der Waals surface area contributed by atoms with Crippen molar-refractivity contribution in [2.24, 2.45) is 0 Å². The third-order valence-corrected chi connectivity index (χ3v) is 5.35. The van der Waals surface area contributed by atoms with E-state index >= 15 is 0 Å². The highest BCUT2D eigenvalue weighted by Gasteiger charge is 2.20. The van der Waals surface area contributed by atoms with Crippen molar-refractivity contribution in [3.05, 3.63) is 106 Å². The van der Waals surface area contributed by atoms with Crippen molar-refractivity contribution in [1.29, 1.82) is 5.26 Å². The number of rotatable bonds is 6. The zero-order valence-electron chi connectivity index (χ0n) is 17.6. The molecular formula is C25H22N6O. The number of hydrogen-bond acceptors (Lipinski definition) is 6. The summed E-state index contributed by atoms with van der Waals surface area (Å²) in [7, 11) is 0. The molecule has 0 bridgehead atoms. The van der Waals surface area contributed by atoms with Gasteiger partial charge in [-0.3, -0.25) is 4.79 Å². The second-order valence-electron chi connectivity index (χ2n) is 7.59. The molecule has 7 heteroatoms. The van der Waals surface area contributed by atoms with Gasteiger partial charge in [0.25, 0.3) is 5.56 Å². The van der Waals surface area contributed by atoms with Gasteiger partial charge >= 0.3 is 0 Å². The van der Waals surface area contributed by atoms with E-state index in [1.807, 2.05) is 67.6 Å². The highest BCUT2D eigenvalue weighted by Crippen LogP contribution is 2.29. The van der Waals surface area contributed by atoms with E-state index in [1.54, 1.807) is 6.07 Å². The van der Waals surface area contributed by atoms with Crippen LogP contribution in [0.1, 0.15) is 35.2 Å². The molecule has 2 aromatic carbocycles. The molecule has 0 saturated carbocycles. The average Bonchev–Trinajstić information content (AvgIpc) is 2.81. The molecule has 0 spiro atoms. The Kier molecular flexibility index (Phi) is 6.04. The van der Waals surface area contributed by atoms with Gasteiger partial charge in [-0.1, -0.05) is 67.6 Å². The summed E-state index contributed by atoms with van der Waals surface area (Å²) in [6, 6.07) is 23.2. The Labute approximate surface area is 185 Å². The van der Waals surface area contributed by atoms with Gasteiger partial charge in [0, 0.05) is 11.6 Å². The largest absolute Gasteiger partial charge is 0.382 e. The van der Waals surface area contributed by atoms with Gasteiger partial charge in [-0.15, -0.1) is 0 Å². The lowest BCUT2D eigenvalue weighted by Crippen LogP contribution is -2.25. The van der Waals surface area contributed by atoms with Crippen LogP contribution in [0.15, 0.2) is 77.9 Å². The first-order valence-electron chi connectivity index (χ1n) is 10.3. The SMILES string of the molecule is CC(Cc1ncnc(N)c1C#N)c1cc(=O)n(Cc2ccccc2)nc1-c1ccccc1. The van der Waals surface area contributed by atoms with E-state index in [2.05, 4.69) is 16.0 Å². The van der Waals surface area contributed by atoms with Crippen LogP contribution >= 0.6 is 0 Å². The van der Waals surface area contributed by atoms with E-state index in [-0.39, 0.29) is 22.9 Å². The Morgan fingerprint density at radius 3 is 2.44 bits per heavy atom. The number of benzene rings is 2. The molecule has 1 unspecified atom stereocenters. The maximum atomic E-state index is 13.0. The van der Waals surface area contributed by atoms with E-state index < -0.39 is 0 Å². The smallest absolute Gasteiger partial charge is 0.267 e. The summed E-state index contributed by atoms with van der Waals surface area (Å²) in [5, 5.41) is 14.2. The fourth-order valence-corrected chi connectivity index (χ4v) is 3.68. The van der Waals surface area contributed by atoms with Crippen molar-refractivity contribution in [2.75, 3.05) is 5.73 Å². The number of anilines is 1. The third kappa shape index (κ3) is 4.40. The van der Waals surface area contributed by atoms with Crippen molar-refractivity contribution in [3.63, 3.8) is 0 Å². The lowest BCUT2D eigenvalue weighted by atomic mass is 9.91. The van der Waals surface area contributed by atoms with Crippen molar-refractivity contribution in [2.45, 2.75) is 25.8 Å². The fourth-order valence-electron chi connectivity index (χ4n) is 3.68. The van der Waals surface area contributed by atoms with Crippen molar-refractivity contribution in [1.82, 2.24) is 19.7 Å². The third-order valence-electron chi connectivity index (χ3n) is 5.35. The molecule has 2 aromatic heterocycles. The molecule has 0 radical (unpaired) electrons. The second-order valence-corrected chi connectivity index (χ2v) is 7.59. The summed E-state index contributed by atoms with van der Waals surface area (Å²) in [6.07, 6.45) is 1.78. The van der Waals surface area contributed by atoms with Gasteiger partial charge in [0.2, 0.25) is 0 Å². The summed E-state index contributed by atoms with van der Waals surface area (Å²) >= 11 is 0. The minimum atomic E-state index is -0.182. The predicted octanol–water partition coefficient (Wildman–Crippen LogP) is 3.55. The summed E-state index contributed by atoms with van der Waals surface area (Å²) < 4.78 is 1.48. The maximum Gasteiger partial charge on any atom is 0.267 e. The Hall–Kier alpha value is -4.31. The Morgan fingerprint density at radius 2 is 1.75 bits per heavy atom. The number of nitrogens with zero attached hydrogens (tertiary/aromatic N) is 5. The number of nitrogens with two attached hydrogens (primary N) is 1. The van der Waals surface area contributed by atoms with E-state index in [0.717, 1.165) is 22.4 Å². The number of nitrogen functional groups attached to an aromatic ring is 1. The van der Waals surface area contributed by atoms with Crippen LogP contribution in [0.3, 0.4) is 0 Å². The highest BCUT2D eigenvalue weighted by atomic mass is 16.1. The zero-order valence-corrected chi connectivity index (χ0v) is 17.6. The van der Waals surface area contributed by atoms with Crippen molar-refractivity contribution >= 4 is 5.82 Å². The van der Waals surface area contributed by atoms with Crippen LogP contribution in [0.4, 0.5) is 5.82 Å². The van der Waals surface area contributed by atoms with Gasteiger partial charge in [-0.25, -0.2) is 14.6 Å². The highest BCUT2D eigenvalue weighted by molar-refractivity contribution is 5.63. The molecule has 0 aliphatic carbocycles. The molecule has 7 nitrogen and oxygen atoms in total. The van der Waals surface area contributed by atoms with Crippen LogP contribution < -0.4 is 11.3 Å². The molecule has 0 aliphatic heterocycles. The van der Waals surface area contributed by atoms with Crippen LogP contribution in [0.5, 0.6) is 0 Å². The first-order chi connectivity index (χ1) is 15.6. The number of hydrogen-bond donors (Lipinski definition) is 1. The van der Waals surface area contributed by atoms with Crippen molar-refractivity contribution < 1.29 is 0 Å². The minimum absolute atomic E-state index is 0.127. The Bertz CT molecular complexity index is 1330. The van der Waals surface area contributed by atoms with Gasteiger partial charge in [-0.2, -0.15) is 10.4 Å². The van der Waals surface area contributed by atoms with Gasteiger partial charge in [0.05, 0.1) is 17.9 Å². The Balaban J connectivity index is 1.77. The normalized spacial score (nSPS) is 11.6. The molecule has 0 aliphatic rings. The molecule has 2 heterocycles. The lowest BCUT2D eigenvalue weighted by molar-refractivity contribution is 0.627. The number of nitriles is 1. The van der Waals surface area contributed by atoms with Crippen LogP contribution in [0, 0.1) is 11.3 Å².